The summed E-state index contributed by atoms with van der Waals surface area (Å²) in [6, 6.07) is 11.3. The van der Waals surface area contributed by atoms with Crippen molar-refractivity contribution in [2.45, 2.75) is 51.2 Å². The van der Waals surface area contributed by atoms with Crippen LogP contribution in [0.2, 0.25) is 0 Å². The number of carbonyl (C=O) groups excluding carboxylic acids is 2. The van der Waals surface area contributed by atoms with Crippen LogP contribution in [0.5, 0.6) is 11.5 Å². The van der Waals surface area contributed by atoms with Gasteiger partial charge >= 0.3 is 12.1 Å². The monoisotopic (exact) mass is 442 g/mol. The summed E-state index contributed by atoms with van der Waals surface area (Å²) in [5.74, 6) is 0.406. The molecule has 1 unspecified atom stereocenters. The van der Waals surface area contributed by atoms with Crippen LogP contribution in [0.1, 0.15) is 38.3 Å². The van der Waals surface area contributed by atoms with E-state index in [4.69, 9.17) is 14.2 Å². The molecule has 3 rings (SSSR count). The average molecular weight is 442 g/mol. The molecule has 0 aliphatic heterocycles. The number of alkyl carbamates (subject to hydrolysis) is 1. The van der Waals surface area contributed by atoms with Gasteiger partial charge in [-0.1, -0.05) is 6.07 Å². The Labute approximate surface area is 185 Å². The lowest BCUT2D eigenvalue weighted by Gasteiger charge is -2.36. The first-order chi connectivity index (χ1) is 15.0. The smallest absolute Gasteiger partial charge is 0.408 e. The zero-order chi connectivity index (χ0) is 23.5. The maximum absolute atomic E-state index is 12.7. The third-order valence-corrected chi connectivity index (χ3v) is 5.09. The molecule has 0 heterocycles. The number of carbonyl (C=O) groups is 2. The highest BCUT2D eigenvalue weighted by atomic mass is 16.6. The molecule has 9 nitrogen and oxygen atoms in total. The van der Waals surface area contributed by atoms with Crippen molar-refractivity contribution >= 4 is 17.7 Å². The molecule has 2 aromatic carbocycles. The minimum atomic E-state index is -1.25. The van der Waals surface area contributed by atoms with Gasteiger partial charge in [-0.2, -0.15) is 0 Å². The molecule has 0 bridgehead atoms. The predicted molar refractivity (Wildman–Crippen MR) is 116 cm³/mol. The van der Waals surface area contributed by atoms with Gasteiger partial charge in [0.05, 0.1) is 12.0 Å². The van der Waals surface area contributed by atoms with Crippen molar-refractivity contribution in [2.75, 3.05) is 7.11 Å². The minimum absolute atomic E-state index is 0.0288. The number of nitro benzene ring substituents is 1. The second-order valence-electron chi connectivity index (χ2n) is 8.66. The fourth-order valence-electron chi connectivity index (χ4n) is 3.63. The molecule has 0 fully saturated rings. The van der Waals surface area contributed by atoms with Crippen LogP contribution in [0.3, 0.4) is 0 Å². The van der Waals surface area contributed by atoms with Gasteiger partial charge in [-0.25, -0.2) is 9.59 Å². The summed E-state index contributed by atoms with van der Waals surface area (Å²) >= 11 is 0. The van der Waals surface area contributed by atoms with E-state index in [9.17, 15) is 19.7 Å². The fraction of sp³-hybridized carbons (Fsp3) is 0.391. The number of hydrogen-bond acceptors (Lipinski definition) is 7. The van der Waals surface area contributed by atoms with Crippen LogP contribution >= 0.6 is 0 Å². The van der Waals surface area contributed by atoms with E-state index in [-0.39, 0.29) is 12.1 Å². The van der Waals surface area contributed by atoms with Crippen molar-refractivity contribution in [1.29, 1.82) is 0 Å². The molecule has 0 saturated carbocycles. The van der Waals surface area contributed by atoms with Crippen LogP contribution in [-0.4, -0.2) is 35.2 Å². The van der Waals surface area contributed by atoms with E-state index in [1.54, 1.807) is 32.9 Å². The van der Waals surface area contributed by atoms with Gasteiger partial charge in [-0.15, -0.1) is 0 Å². The Bertz CT molecular complexity index is 1030. The van der Waals surface area contributed by atoms with Gasteiger partial charge in [0, 0.05) is 18.6 Å². The number of methoxy groups -OCH3 is 1. The minimum Gasteiger partial charge on any atom is -0.467 e. The number of non-ortho nitro benzene ring substituents is 1. The summed E-state index contributed by atoms with van der Waals surface area (Å²) in [5, 5.41) is 13.5. The van der Waals surface area contributed by atoms with Crippen molar-refractivity contribution in [2.24, 2.45) is 0 Å². The van der Waals surface area contributed by atoms with Crippen LogP contribution in [0.4, 0.5) is 10.5 Å². The second-order valence-corrected chi connectivity index (χ2v) is 8.66. The van der Waals surface area contributed by atoms with E-state index in [0.29, 0.717) is 24.3 Å². The van der Waals surface area contributed by atoms with Gasteiger partial charge in [0.2, 0.25) is 0 Å². The zero-order valence-corrected chi connectivity index (χ0v) is 18.5. The summed E-state index contributed by atoms with van der Waals surface area (Å²) in [7, 11) is 1.28. The number of rotatable bonds is 5. The molecule has 1 N–H and O–H groups in total. The Hall–Kier alpha value is -3.62. The molecule has 170 valence electrons. The highest BCUT2D eigenvalue weighted by Crippen LogP contribution is 2.34. The molecule has 2 aromatic rings. The first-order valence-corrected chi connectivity index (χ1v) is 10.1. The van der Waals surface area contributed by atoms with Gasteiger partial charge in [0.15, 0.2) is 0 Å². The quantitative estimate of drug-likeness (QED) is 0.416. The maximum atomic E-state index is 12.7. The number of nitrogens with zero attached hydrogens (tertiary/aromatic N) is 1. The number of hydrogen-bond donors (Lipinski definition) is 1. The van der Waals surface area contributed by atoms with E-state index in [2.05, 4.69) is 5.32 Å². The van der Waals surface area contributed by atoms with Crippen molar-refractivity contribution in [1.82, 2.24) is 5.32 Å². The molecule has 1 aliphatic carbocycles. The normalized spacial score (nSPS) is 17.6. The molecule has 9 heteroatoms. The van der Waals surface area contributed by atoms with E-state index in [1.807, 2.05) is 6.07 Å². The number of amides is 1. The van der Waals surface area contributed by atoms with Gasteiger partial charge in [0.25, 0.3) is 5.69 Å². The molecular weight excluding hydrogens is 416 g/mol. The SMILES string of the molecule is COC(=O)C1(NC(=O)OC(C)(C)C)CCc2ccc(Oc3ccc([N+](=O)[O-])cc3)cc2C1. The number of benzene rings is 2. The molecule has 32 heavy (non-hydrogen) atoms. The molecular formula is C23H26N2O7. The van der Waals surface area contributed by atoms with Crippen molar-refractivity contribution in [3.8, 4) is 11.5 Å². The first kappa shape index (κ1) is 23.1. The van der Waals surface area contributed by atoms with E-state index in [1.165, 1.54) is 31.4 Å². The molecule has 0 spiro atoms. The lowest BCUT2D eigenvalue weighted by atomic mass is 9.78. The Morgan fingerprint density at radius 3 is 2.31 bits per heavy atom. The lowest BCUT2D eigenvalue weighted by molar-refractivity contribution is -0.384. The number of esters is 1. The highest BCUT2D eigenvalue weighted by molar-refractivity contribution is 5.86. The van der Waals surface area contributed by atoms with Crippen molar-refractivity contribution < 1.29 is 28.7 Å². The second kappa shape index (κ2) is 8.86. The third kappa shape index (κ3) is 5.35. The molecule has 1 atom stereocenters. The van der Waals surface area contributed by atoms with Crippen molar-refractivity contribution in [3.05, 3.63) is 63.7 Å². The highest BCUT2D eigenvalue weighted by Gasteiger charge is 2.44. The van der Waals surface area contributed by atoms with E-state index in [0.717, 1.165) is 11.1 Å². The van der Waals surface area contributed by atoms with Gasteiger partial charge in [0.1, 0.15) is 22.6 Å². The standard InChI is InChI=1S/C23H26N2O7/c1-22(2,3)32-21(27)24-23(20(26)30-4)12-11-15-5-8-19(13-16(15)14-23)31-18-9-6-17(7-10-18)25(28)29/h5-10,13H,11-12,14H2,1-4H3,(H,24,27). The first-order valence-electron chi connectivity index (χ1n) is 10.1. The number of nitrogens with one attached hydrogen (secondary N) is 1. The fourth-order valence-corrected chi connectivity index (χ4v) is 3.63. The summed E-state index contributed by atoms with van der Waals surface area (Å²) < 4.78 is 16.2. The van der Waals surface area contributed by atoms with E-state index >= 15 is 0 Å². The molecule has 1 aliphatic rings. The summed E-state index contributed by atoms with van der Waals surface area (Å²) in [5.41, 5.74) is -0.127. The average Bonchev–Trinajstić information content (AvgIpc) is 2.71. The Morgan fingerprint density at radius 1 is 1.06 bits per heavy atom. The zero-order valence-electron chi connectivity index (χ0n) is 18.5. The Kier molecular flexibility index (Phi) is 6.38. The predicted octanol–water partition coefficient (Wildman–Crippen LogP) is 4.31. The van der Waals surface area contributed by atoms with Crippen molar-refractivity contribution in [3.63, 3.8) is 0 Å². The molecule has 1 amide bonds. The molecule has 0 saturated heterocycles. The maximum Gasteiger partial charge on any atom is 0.408 e. The van der Waals surface area contributed by atoms with Gasteiger partial charge < -0.3 is 19.5 Å². The van der Waals surface area contributed by atoms with Crippen LogP contribution < -0.4 is 10.1 Å². The van der Waals surface area contributed by atoms with Crippen LogP contribution in [0.25, 0.3) is 0 Å². The van der Waals surface area contributed by atoms with Crippen LogP contribution in [-0.2, 0) is 27.1 Å². The number of aryl methyl sites for hydroxylation is 1. The Balaban J connectivity index is 1.83. The number of fused-ring (bicyclic) bond motifs is 1. The largest absolute Gasteiger partial charge is 0.467 e. The summed E-state index contributed by atoms with van der Waals surface area (Å²) in [4.78, 5) is 35.5. The summed E-state index contributed by atoms with van der Waals surface area (Å²) in [6.45, 7) is 5.24. The lowest BCUT2D eigenvalue weighted by Crippen LogP contribution is -2.59. The molecule has 0 aromatic heterocycles. The molecule has 0 radical (unpaired) electrons. The number of ether oxygens (including phenoxy) is 3. The third-order valence-electron chi connectivity index (χ3n) is 5.09. The van der Waals surface area contributed by atoms with Crippen LogP contribution in [0.15, 0.2) is 42.5 Å². The Morgan fingerprint density at radius 2 is 1.72 bits per heavy atom. The number of nitro groups is 1. The van der Waals surface area contributed by atoms with Crippen LogP contribution in [0, 0.1) is 10.1 Å². The van der Waals surface area contributed by atoms with E-state index < -0.39 is 28.1 Å². The van der Waals surface area contributed by atoms with Gasteiger partial charge in [-0.3, -0.25) is 10.1 Å². The summed E-state index contributed by atoms with van der Waals surface area (Å²) in [6.07, 6.45) is 0.447. The topological polar surface area (TPSA) is 117 Å². The van der Waals surface area contributed by atoms with Gasteiger partial charge in [-0.05, 0) is 69.0 Å².